The number of halogens is 3. The van der Waals surface area contributed by atoms with E-state index in [1.807, 2.05) is 0 Å². The second-order valence-electron chi connectivity index (χ2n) is 3.95. The van der Waals surface area contributed by atoms with Crippen molar-refractivity contribution in [2.75, 3.05) is 5.43 Å². The van der Waals surface area contributed by atoms with E-state index in [0.717, 1.165) is 12.1 Å². The van der Waals surface area contributed by atoms with Gasteiger partial charge in [-0.15, -0.1) is 0 Å². The fourth-order valence-corrected chi connectivity index (χ4v) is 1.42. The van der Waals surface area contributed by atoms with Crippen molar-refractivity contribution in [3.05, 3.63) is 41.6 Å². The lowest BCUT2D eigenvalue weighted by molar-refractivity contribution is -0.137. The number of hydrogen-bond donors (Lipinski definition) is 2. The summed E-state index contributed by atoms with van der Waals surface area (Å²) in [5, 5.41) is 0. The molecule has 0 spiro atoms. The van der Waals surface area contributed by atoms with Crippen molar-refractivity contribution >= 4 is 5.95 Å². The summed E-state index contributed by atoms with van der Waals surface area (Å²) in [6, 6.07) is 4.32. The Morgan fingerprint density at radius 2 is 1.85 bits per heavy atom. The van der Waals surface area contributed by atoms with Crippen LogP contribution in [0.1, 0.15) is 11.1 Å². The van der Waals surface area contributed by atoms with Crippen molar-refractivity contribution in [3.63, 3.8) is 0 Å². The fraction of sp³-hybridized carbons (Fsp3) is 0.167. The molecular weight excluding hydrogens is 273 g/mol. The van der Waals surface area contributed by atoms with Crippen molar-refractivity contribution in [1.29, 1.82) is 0 Å². The smallest absolute Gasteiger partial charge is 0.416 e. The Labute approximate surface area is 112 Å². The molecule has 0 unspecified atom stereocenters. The van der Waals surface area contributed by atoms with Gasteiger partial charge in [0.15, 0.2) is 0 Å². The number of aromatic nitrogens is 2. The van der Waals surface area contributed by atoms with Crippen LogP contribution in [0, 0.1) is 6.92 Å². The number of rotatable bonds is 3. The van der Waals surface area contributed by atoms with Crippen molar-refractivity contribution in [2.45, 2.75) is 13.1 Å². The van der Waals surface area contributed by atoms with E-state index in [4.69, 9.17) is 10.6 Å². The first kappa shape index (κ1) is 14.1. The van der Waals surface area contributed by atoms with Crippen LogP contribution in [-0.2, 0) is 6.18 Å². The zero-order valence-electron chi connectivity index (χ0n) is 10.4. The van der Waals surface area contributed by atoms with E-state index in [1.165, 1.54) is 18.3 Å². The molecule has 0 saturated heterocycles. The van der Waals surface area contributed by atoms with Gasteiger partial charge in [0, 0.05) is 11.8 Å². The fourth-order valence-electron chi connectivity index (χ4n) is 1.42. The summed E-state index contributed by atoms with van der Waals surface area (Å²) in [5.41, 5.74) is 2.14. The molecular formula is C12H11F3N4O. The minimum Gasteiger partial charge on any atom is -0.439 e. The molecule has 1 aromatic carbocycles. The SMILES string of the molecule is Cc1cnc(NN)nc1Oc1ccc(C(F)(F)F)cc1. The van der Waals surface area contributed by atoms with Gasteiger partial charge in [-0.1, -0.05) is 0 Å². The average molecular weight is 284 g/mol. The second-order valence-corrected chi connectivity index (χ2v) is 3.95. The lowest BCUT2D eigenvalue weighted by Crippen LogP contribution is -2.11. The van der Waals surface area contributed by atoms with E-state index in [0.29, 0.717) is 5.56 Å². The highest BCUT2D eigenvalue weighted by molar-refractivity contribution is 5.36. The third kappa shape index (κ3) is 3.15. The van der Waals surface area contributed by atoms with Gasteiger partial charge in [0.05, 0.1) is 5.56 Å². The van der Waals surface area contributed by atoms with Crippen molar-refractivity contribution in [3.8, 4) is 11.6 Å². The van der Waals surface area contributed by atoms with Crippen LogP contribution in [0.15, 0.2) is 30.5 Å². The van der Waals surface area contributed by atoms with Gasteiger partial charge in [0.2, 0.25) is 11.8 Å². The number of nitrogen functional groups attached to an aromatic ring is 1. The number of aryl methyl sites for hydroxylation is 1. The highest BCUT2D eigenvalue weighted by Gasteiger charge is 2.30. The summed E-state index contributed by atoms with van der Waals surface area (Å²) in [6.07, 6.45) is -2.89. The Hall–Kier alpha value is -2.35. The van der Waals surface area contributed by atoms with Crippen molar-refractivity contribution in [2.24, 2.45) is 5.84 Å². The monoisotopic (exact) mass is 284 g/mol. The maximum atomic E-state index is 12.4. The first-order valence-corrected chi connectivity index (χ1v) is 5.55. The van der Waals surface area contributed by atoms with Crippen LogP contribution < -0.4 is 16.0 Å². The maximum Gasteiger partial charge on any atom is 0.416 e. The highest BCUT2D eigenvalue weighted by Crippen LogP contribution is 2.31. The molecule has 0 atom stereocenters. The molecule has 106 valence electrons. The number of benzene rings is 1. The van der Waals surface area contributed by atoms with E-state index in [2.05, 4.69) is 15.4 Å². The quantitative estimate of drug-likeness (QED) is 0.669. The zero-order chi connectivity index (χ0) is 14.8. The summed E-state index contributed by atoms with van der Waals surface area (Å²) in [7, 11) is 0. The lowest BCUT2D eigenvalue weighted by Gasteiger charge is -2.10. The van der Waals surface area contributed by atoms with Crippen LogP contribution >= 0.6 is 0 Å². The molecule has 0 saturated carbocycles. The molecule has 0 fully saturated rings. The van der Waals surface area contributed by atoms with Gasteiger partial charge in [-0.05, 0) is 31.2 Å². The van der Waals surface area contributed by atoms with Gasteiger partial charge in [-0.25, -0.2) is 10.8 Å². The number of nitrogens with one attached hydrogen (secondary N) is 1. The van der Waals surface area contributed by atoms with Crippen LogP contribution in [0.2, 0.25) is 0 Å². The topological polar surface area (TPSA) is 73.1 Å². The van der Waals surface area contributed by atoms with E-state index in [9.17, 15) is 13.2 Å². The van der Waals surface area contributed by atoms with Crippen LogP contribution in [0.5, 0.6) is 11.6 Å². The van der Waals surface area contributed by atoms with E-state index < -0.39 is 11.7 Å². The molecule has 20 heavy (non-hydrogen) atoms. The second kappa shape index (κ2) is 5.33. The van der Waals surface area contributed by atoms with Gasteiger partial charge in [-0.2, -0.15) is 18.2 Å². The third-order valence-corrected chi connectivity index (χ3v) is 2.45. The number of nitrogens with two attached hydrogens (primary N) is 1. The average Bonchev–Trinajstić information content (AvgIpc) is 2.41. The Kier molecular flexibility index (Phi) is 3.75. The van der Waals surface area contributed by atoms with Crippen LogP contribution in [0.3, 0.4) is 0 Å². The maximum absolute atomic E-state index is 12.4. The molecule has 0 amide bonds. The van der Waals surface area contributed by atoms with Gasteiger partial charge < -0.3 is 4.74 Å². The van der Waals surface area contributed by atoms with Crippen LogP contribution in [-0.4, -0.2) is 9.97 Å². The van der Waals surface area contributed by atoms with Crippen molar-refractivity contribution < 1.29 is 17.9 Å². The molecule has 2 rings (SSSR count). The number of hydrazine groups is 1. The molecule has 1 aromatic heterocycles. The minimum atomic E-state index is -4.37. The summed E-state index contributed by atoms with van der Waals surface area (Å²) in [6.45, 7) is 1.71. The minimum absolute atomic E-state index is 0.150. The molecule has 0 aliphatic heterocycles. The molecule has 3 N–H and O–H groups in total. The number of nitrogens with zero attached hydrogens (tertiary/aromatic N) is 2. The lowest BCUT2D eigenvalue weighted by atomic mass is 10.2. The molecule has 1 heterocycles. The van der Waals surface area contributed by atoms with Gasteiger partial charge >= 0.3 is 6.18 Å². The van der Waals surface area contributed by atoms with Crippen LogP contribution in [0.25, 0.3) is 0 Å². The molecule has 2 aromatic rings. The van der Waals surface area contributed by atoms with Gasteiger partial charge in [0.25, 0.3) is 0 Å². The van der Waals surface area contributed by atoms with Crippen LogP contribution in [0.4, 0.5) is 19.1 Å². The van der Waals surface area contributed by atoms with Gasteiger partial charge in [-0.3, -0.25) is 5.43 Å². The predicted molar refractivity (Wildman–Crippen MR) is 66.1 cm³/mol. The first-order valence-electron chi connectivity index (χ1n) is 5.55. The number of anilines is 1. The number of hydrogen-bond acceptors (Lipinski definition) is 5. The van der Waals surface area contributed by atoms with Gasteiger partial charge in [0.1, 0.15) is 5.75 Å². The largest absolute Gasteiger partial charge is 0.439 e. The zero-order valence-corrected chi connectivity index (χ0v) is 10.4. The number of ether oxygens (including phenoxy) is 1. The molecule has 0 radical (unpaired) electrons. The Balaban J connectivity index is 2.22. The van der Waals surface area contributed by atoms with E-state index in [-0.39, 0.29) is 17.6 Å². The standard InChI is InChI=1S/C12H11F3N4O/c1-7-6-17-11(19-16)18-10(7)20-9-4-2-8(3-5-9)12(13,14)15/h2-6H,16H2,1H3,(H,17,18,19). The Bertz CT molecular complexity index is 599. The summed E-state index contributed by atoms with van der Waals surface area (Å²) in [4.78, 5) is 7.84. The molecule has 5 nitrogen and oxygen atoms in total. The molecule has 0 bridgehead atoms. The Morgan fingerprint density at radius 3 is 2.40 bits per heavy atom. The molecule has 8 heteroatoms. The van der Waals surface area contributed by atoms with E-state index >= 15 is 0 Å². The van der Waals surface area contributed by atoms with E-state index in [1.54, 1.807) is 6.92 Å². The summed E-state index contributed by atoms with van der Waals surface area (Å²) in [5.74, 6) is 5.78. The molecule has 0 aliphatic rings. The summed E-state index contributed by atoms with van der Waals surface area (Å²) >= 11 is 0. The predicted octanol–water partition coefficient (Wildman–Crippen LogP) is 2.88. The normalized spacial score (nSPS) is 11.2. The summed E-state index contributed by atoms with van der Waals surface area (Å²) < 4.78 is 42.7. The first-order chi connectivity index (χ1) is 9.40. The molecule has 0 aliphatic carbocycles. The number of alkyl halides is 3. The Morgan fingerprint density at radius 1 is 1.20 bits per heavy atom. The third-order valence-electron chi connectivity index (χ3n) is 2.45. The highest BCUT2D eigenvalue weighted by atomic mass is 19.4. The van der Waals surface area contributed by atoms with Crippen molar-refractivity contribution in [1.82, 2.24) is 9.97 Å².